The van der Waals surface area contributed by atoms with Crippen molar-refractivity contribution in [1.29, 1.82) is 0 Å². The first kappa shape index (κ1) is 19.5. The summed E-state index contributed by atoms with van der Waals surface area (Å²) in [6.45, 7) is 3.69. The number of fused-ring (bicyclic) bond motifs is 1. The third kappa shape index (κ3) is 4.93. The summed E-state index contributed by atoms with van der Waals surface area (Å²) in [5.41, 5.74) is 0.994. The molecule has 1 aromatic rings. The maximum Gasteiger partial charge on any atom is 0.231 e. The van der Waals surface area contributed by atoms with E-state index in [0.717, 1.165) is 62.1 Å². The van der Waals surface area contributed by atoms with Gasteiger partial charge in [0.25, 0.3) is 0 Å². The van der Waals surface area contributed by atoms with Gasteiger partial charge in [-0.3, -0.25) is 9.59 Å². The lowest BCUT2D eigenvalue weighted by atomic mass is 9.81. The Morgan fingerprint density at radius 3 is 2.56 bits per heavy atom. The average Bonchev–Trinajstić information content (AvgIpc) is 3.17. The number of ether oxygens (including phenoxy) is 2. The van der Waals surface area contributed by atoms with E-state index in [1.165, 1.54) is 0 Å². The Kier molecular flexibility index (Phi) is 6.58. The van der Waals surface area contributed by atoms with E-state index in [1.54, 1.807) is 0 Å². The van der Waals surface area contributed by atoms with Crippen LogP contribution in [0.15, 0.2) is 18.2 Å². The number of carbonyl (C=O) groups is 2. The van der Waals surface area contributed by atoms with Crippen LogP contribution >= 0.6 is 0 Å². The van der Waals surface area contributed by atoms with Crippen molar-refractivity contribution < 1.29 is 19.1 Å². The molecule has 1 heterocycles. The van der Waals surface area contributed by atoms with Gasteiger partial charge in [-0.2, -0.15) is 0 Å². The van der Waals surface area contributed by atoms with E-state index in [2.05, 4.69) is 12.2 Å². The predicted molar refractivity (Wildman–Crippen MR) is 102 cm³/mol. The largest absolute Gasteiger partial charge is 0.454 e. The molecule has 0 radical (unpaired) electrons. The first-order valence-electron chi connectivity index (χ1n) is 9.99. The molecular weight excluding hydrogens is 344 g/mol. The Labute approximate surface area is 161 Å². The first-order valence-corrected chi connectivity index (χ1v) is 9.99. The average molecular weight is 374 g/mol. The molecule has 0 aromatic heterocycles. The van der Waals surface area contributed by atoms with Crippen LogP contribution < -0.4 is 14.8 Å². The highest BCUT2D eigenvalue weighted by Gasteiger charge is 2.31. The molecule has 148 valence electrons. The second kappa shape index (κ2) is 9.11. The SMILES string of the molecule is CCCCN(C)C(=O)C1CCC(C(=O)NCc2ccc3c(c2)OCO3)CC1. The van der Waals surface area contributed by atoms with Crippen LogP contribution in [0.25, 0.3) is 0 Å². The molecule has 1 saturated carbocycles. The number of hydrogen-bond donors (Lipinski definition) is 1. The number of carbonyl (C=O) groups excluding carboxylic acids is 2. The molecule has 1 aromatic carbocycles. The smallest absolute Gasteiger partial charge is 0.231 e. The minimum Gasteiger partial charge on any atom is -0.454 e. The van der Waals surface area contributed by atoms with Gasteiger partial charge in [0, 0.05) is 32.0 Å². The molecule has 0 spiro atoms. The zero-order valence-corrected chi connectivity index (χ0v) is 16.3. The maximum absolute atomic E-state index is 12.5. The summed E-state index contributed by atoms with van der Waals surface area (Å²) in [5, 5.41) is 3.02. The van der Waals surface area contributed by atoms with E-state index in [1.807, 2.05) is 30.1 Å². The molecule has 1 N–H and O–H groups in total. The van der Waals surface area contributed by atoms with Gasteiger partial charge in [-0.15, -0.1) is 0 Å². The third-order valence-electron chi connectivity index (χ3n) is 5.57. The van der Waals surface area contributed by atoms with Crippen molar-refractivity contribution in [2.45, 2.75) is 52.0 Å². The van der Waals surface area contributed by atoms with Crippen molar-refractivity contribution in [2.24, 2.45) is 11.8 Å². The monoisotopic (exact) mass is 374 g/mol. The highest BCUT2D eigenvalue weighted by atomic mass is 16.7. The van der Waals surface area contributed by atoms with Gasteiger partial charge in [0.15, 0.2) is 11.5 Å². The van der Waals surface area contributed by atoms with Crippen LogP contribution in [0, 0.1) is 11.8 Å². The summed E-state index contributed by atoms with van der Waals surface area (Å²) >= 11 is 0. The first-order chi connectivity index (χ1) is 13.1. The molecule has 0 atom stereocenters. The molecule has 3 rings (SSSR count). The van der Waals surface area contributed by atoms with Crippen LogP contribution in [0.4, 0.5) is 0 Å². The lowest BCUT2D eigenvalue weighted by Gasteiger charge is -2.30. The lowest BCUT2D eigenvalue weighted by molar-refractivity contribution is -0.137. The summed E-state index contributed by atoms with van der Waals surface area (Å²) in [7, 11) is 1.89. The van der Waals surface area contributed by atoms with Gasteiger partial charge < -0.3 is 19.7 Å². The molecule has 2 amide bonds. The van der Waals surface area contributed by atoms with Crippen LogP contribution in [-0.4, -0.2) is 37.1 Å². The Bertz CT molecular complexity index is 668. The molecule has 1 aliphatic carbocycles. The minimum absolute atomic E-state index is 0.00371. The fourth-order valence-electron chi connectivity index (χ4n) is 3.80. The van der Waals surface area contributed by atoms with E-state index < -0.39 is 0 Å². The third-order valence-corrected chi connectivity index (χ3v) is 5.57. The fraction of sp³-hybridized carbons (Fsp3) is 0.619. The van der Waals surface area contributed by atoms with Crippen molar-refractivity contribution in [1.82, 2.24) is 10.2 Å². The molecule has 1 fully saturated rings. The molecule has 6 heteroatoms. The number of hydrogen-bond acceptors (Lipinski definition) is 4. The number of nitrogens with zero attached hydrogens (tertiary/aromatic N) is 1. The Morgan fingerprint density at radius 2 is 1.81 bits per heavy atom. The zero-order chi connectivity index (χ0) is 19.2. The van der Waals surface area contributed by atoms with E-state index >= 15 is 0 Å². The number of benzene rings is 1. The van der Waals surface area contributed by atoms with Crippen molar-refractivity contribution in [2.75, 3.05) is 20.4 Å². The van der Waals surface area contributed by atoms with Gasteiger partial charge in [-0.1, -0.05) is 19.4 Å². The number of rotatable bonds is 7. The van der Waals surface area contributed by atoms with Gasteiger partial charge in [0.2, 0.25) is 18.6 Å². The van der Waals surface area contributed by atoms with Crippen LogP contribution in [0.5, 0.6) is 11.5 Å². The lowest BCUT2D eigenvalue weighted by Crippen LogP contribution is -2.38. The van der Waals surface area contributed by atoms with E-state index in [-0.39, 0.29) is 30.4 Å². The van der Waals surface area contributed by atoms with Crippen molar-refractivity contribution >= 4 is 11.8 Å². The van der Waals surface area contributed by atoms with Crippen LogP contribution in [0.1, 0.15) is 51.0 Å². The van der Waals surface area contributed by atoms with E-state index in [9.17, 15) is 9.59 Å². The van der Waals surface area contributed by atoms with Crippen molar-refractivity contribution in [3.63, 3.8) is 0 Å². The van der Waals surface area contributed by atoms with Crippen LogP contribution in [0.2, 0.25) is 0 Å². The van der Waals surface area contributed by atoms with Gasteiger partial charge in [0.05, 0.1) is 0 Å². The number of amides is 2. The van der Waals surface area contributed by atoms with Gasteiger partial charge in [-0.25, -0.2) is 0 Å². The molecular formula is C21H30N2O4. The topological polar surface area (TPSA) is 67.9 Å². The molecule has 0 saturated heterocycles. The Hall–Kier alpha value is -2.24. The minimum atomic E-state index is 0.00371. The van der Waals surface area contributed by atoms with Crippen LogP contribution in [-0.2, 0) is 16.1 Å². The van der Waals surface area contributed by atoms with E-state index in [4.69, 9.17) is 9.47 Å². The van der Waals surface area contributed by atoms with Crippen LogP contribution in [0.3, 0.4) is 0 Å². The standard InChI is InChI=1S/C21H30N2O4/c1-3-4-11-23(2)21(25)17-8-6-16(7-9-17)20(24)22-13-15-5-10-18-19(12-15)27-14-26-18/h5,10,12,16-17H,3-4,6-9,11,13-14H2,1-2H3,(H,22,24). The molecule has 0 unspecified atom stereocenters. The van der Waals surface area contributed by atoms with Gasteiger partial charge in [0.1, 0.15) is 0 Å². The molecule has 6 nitrogen and oxygen atoms in total. The van der Waals surface area contributed by atoms with E-state index in [0.29, 0.717) is 6.54 Å². The molecule has 1 aliphatic heterocycles. The highest BCUT2D eigenvalue weighted by molar-refractivity contribution is 5.81. The van der Waals surface area contributed by atoms with Crippen molar-refractivity contribution in [3.05, 3.63) is 23.8 Å². The molecule has 2 aliphatic rings. The number of nitrogens with one attached hydrogen (secondary N) is 1. The molecule has 27 heavy (non-hydrogen) atoms. The van der Waals surface area contributed by atoms with Gasteiger partial charge in [-0.05, 0) is 49.8 Å². The summed E-state index contributed by atoms with van der Waals surface area (Å²) in [4.78, 5) is 26.8. The number of unbranched alkanes of at least 4 members (excludes halogenated alkanes) is 1. The summed E-state index contributed by atoms with van der Waals surface area (Å²) in [5.74, 6) is 1.87. The Balaban J connectivity index is 1.42. The fourth-order valence-corrected chi connectivity index (χ4v) is 3.80. The van der Waals surface area contributed by atoms with Crippen molar-refractivity contribution in [3.8, 4) is 11.5 Å². The quantitative estimate of drug-likeness (QED) is 0.796. The second-order valence-corrected chi connectivity index (χ2v) is 7.57. The second-order valence-electron chi connectivity index (χ2n) is 7.57. The maximum atomic E-state index is 12.5. The predicted octanol–water partition coefficient (Wildman–Crippen LogP) is 3.10. The summed E-state index contributed by atoms with van der Waals surface area (Å²) < 4.78 is 10.7. The normalized spacial score (nSPS) is 21.0. The summed E-state index contributed by atoms with van der Waals surface area (Å²) in [6, 6.07) is 5.72. The van der Waals surface area contributed by atoms with Gasteiger partial charge >= 0.3 is 0 Å². The molecule has 0 bridgehead atoms. The Morgan fingerprint density at radius 1 is 1.11 bits per heavy atom. The zero-order valence-electron chi connectivity index (χ0n) is 16.3. The highest BCUT2D eigenvalue weighted by Crippen LogP contribution is 2.33. The summed E-state index contributed by atoms with van der Waals surface area (Å²) in [6.07, 6.45) is 5.30.